The molecule has 1 heterocycles. The van der Waals surface area contributed by atoms with E-state index in [-0.39, 0.29) is 43.2 Å². The Morgan fingerprint density at radius 3 is 1.94 bits per heavy atom. The third kappa shape index (κ3) is 6.22. The van der Waals surface area contributed by atoms with Crippen molar-refractivity contribution in [3.8, 4) is 11.1 Å². The van der Waals surface area contributed by atoms with E-state index in [0.717, 1.165) is 27.8 Å². The van der Waals surface area contributed by atoms with Gasteiger partial charge in [0.25, 0.3) is 0 Å². The average Bonchev–Trinajstić information content (AvgIpc) is 2.86. The number of rotatable bonds is 7. The number of halogens is 2. The number of benzene rings is 3. The summed E-state index contributed by atoms with van der Waals surface area (Å²) in [6.45, 7) is -0.0864. The number of anilines is 1. The van der Waals surface area contributed by atoms with Crippen LogP contribution >= 0.6 is 24.8 Å². The Balaban J connectivity index is 0.00000204. The molecule has 4 rings (SSSR count). The molecule has 176 valence electrons. The summed E-state index contributed by atoms with van der Waals surface area (Å²) in [6, 6.07) is 28.3. The minimum atomic E-state index is -0.763. The van der Waals surface area contributed by atoms with Crippen molar-refractivity contribution in [3.63, 3.8) is 0 Å². The van der Waals surface area contributed by atoms with Crippen LogP contribution in [0.4, 0.5) is 5.69 Å². The fraction of sp³-hybridized carbons (Fsp3) is 0.111. The average molecular weight is 496 g/mol. The smallest absolute Gasteiger partial charge is 0.242 e. The van der Waals surface area contributed by atoms with Crippen LogP contribution in [0.2, 0.25) is 0 Å². The fourth-order valence-electron chi connectivity index (χ4n) is 3.87. The van der Waals surface area contributed by atoms with E-state index in [0.29, 0.717) is 5.69 Å². The molecule has 5 nitrogen and oxygen atoms in total. The molecule has 0 aliphatic rings. The zero-order chi connectivity index (χ0) is 22.3. The maximum atomic E-state index is 13.1. The summed E-state index contributed by atoms with van der Waals surface area (Å²) >= 11 is 0. The van der Waals surface area contributed by atoms with E-state index in [1.165, 1.54) is 0 Å². The number of pyridine rings is 1. The van der Waals surface area contributed by atoms with Crippen LogP contribution in [0.1, 0.15) is 22.6 Å². The van der Waals surface area contributed by atoms with E-state index >= 15 is 0 Å². The summed E-state index contributed by atoms with van der Waals surface area (Å²) in [5.74, 6) is -0.518. The molecule has 0 aliphatic heterocycles. The van der Waals surface area contributed by atoms with Crippen LogP contribution in [0, 0.1) is 0 Å². The summed E-state index contributed by atoms with van der Waals surface area (Å²) in [5.41, 5.74) is 11.7. The molecule has 3 aromatic carbocycles. The molecule has 0 saturated heterocycles. The number of hydrogen-bond acceptors (Lipinski definition) is 4. The lowest BCUT2D eigenvalue weighted by Crippen LogP contribution is -2.41. The van der Waals surface area contributed by atoms with Crippen molar-refractivity contribution in [2.24, 2.45) is 5.73 Å². The van der Waals surface area contributed by atoms with Gasteiger partial charge in [-0.15, -0.1) is 24.8 Å². The van der Waals surface area contributed by atoms with Crippen molar-refractivity contribution in [3.05, 3.63) is 120 Å². The molecule has 1 atom stereocenters. The summed E-state index contributed by atoms with van der Waals surface area (Å²) in [4.78, 5) is 17.1. The molecule has 0 radical (unpaired) electrons. The van der Waals surface area contributed by atoms with Gasteiger partial charge in [-0.05, 0) is 40.5 Å². The van der Waals surface area contributed by atoms with Crippen LogP contribution in [0.25, 0.3) is 11.1 Å². The predicted molar refractivity (Wildman–Crippen MR) is 141 cm³/mol. The third-order valence-corrected chi connectivity index (χ3v) is 5.52. The number of hydrogen-bond donors (Lipinski definition) is 3. The maximum absolute atomic E-state index is 13.1. The molecule has 0 spiro atoms. The zero-order valence-corrected chi connectivity index (χ0v) is 20.0. The van der Waals surface area contributed by atoms with Gasteiger partial charge in [-0.25, -0.2) is 0 Å². The summed E-state index contributed by atoms with van der Waals surface area (Å²) in [6.07, 6.45) is 3.34. The summed E-state index contributed by atoms with van der Waals surface area (Å²) < 4.78 is 0. The van der Waals surface area contributed by atoms with Crippen molar-refractivity contribution in [2.75, 3.05) is 5.32 Å². The van der Waals surface area contributed by atoms with Crippen LogP contribution < -0.4 is 11.1 Å². The van der Waals surface area contributed by atoms with Crippen LogP contribution in [0.15, 0.2) is 103 Å². The van der Waals surface area contributed by atoms with Crippen molar-refractivity contribution >= 4 is 36.4 Å². The number of nitrogens with two attached hydrogens (primary N) is 1. The Morgan fingerprint density at radius 2 is 1.41 bits per heavy atom. The topological polar surface area (TPSA) is 88.2 Å². The first-order valence-corrected chi connectivity index (χ1v) is 10.5. The van der Waals surface area contributed by atoms with Gasteiger partial charge in [0.1, 0.15) is 0 Å². The van der Waals surface area contributed by atoms with E-state index in [1.54, 1.807) is 12.4 Å². The second-order valence-corrected chi connectivity index (χ2v) is 7.58. The molecule has 0 saturated carbocycles. The van der Waals surface area contributed by atoms with Gasteiger partial charge >= 0.3 is 0 Å². The van der Waals surface area contributed by atoms with Crippen LogP contribution in [-0.2, 0) is 11.4 Å². The lowest BCUT2D eigenvalue weighted by atomic mass is 9.85. The molecular weight excluding hydrogens is 469 g/mol. The monoisotopic (exact) mass is 495 g/mol. The SMILES string of the molecule is Cl.Cl.N[C@H](C(=O)Nc1ccc(-c2ccncc2CO)cc1)C(c1ccccc1)c1ccccc1. The Hall–Kier alpha value is -3.22. The van der Waals surface area contributed by atoms with Crippen molar-refractivity contribution < 1.29 is 9.90 Å². The van der Waals surface area contributed by atoms with Gasteiger partial charge in [-0.1, -0.05) is 72.8 Å². The van der Waals surface area contributed by atoms with Gasteiger partial charge < -0.3 is 16.2 Å². The van der Waals surface area contributed by atoms with E-state index in [1.807, 2.05) is 91.0 Å². The first kappa shape index (κ1) is 27.0. The van der Waals surface area contributed by atoms with Gasteiger partial charge in [-0.2, -0.15) is 0 Å². The van der Waals surface area contributed by atoms with Crippen LogP contribution in [0.3, 0.4) is 0 Å². The number of amides is 1. The van der Waals surface area contributed by atoms with E-state index in [9.17, 15) is 9.90 Å². The second-order valence-electron chi connectivity index (χ2n) is 7.58. The molecule has 34 heavy (non-hydrogen) atoms. The van der Waals surface area contributed by atoms with Crippen LogP contribution in [-0.4, -0.2) is 22.0 Å². The normalized spacial score (nSPS) is 11.1. The predicted octanol–water partition coefficient (Wildman–Crippen LogP) is 5.18. The molecule has 0 aliphatic carbocycles. The minimum absolute atomic E-state index is 0. The lowest BCUT2D eigenvalue weighted by Gasteiger charge is -2.24. The van der Waals surface area contributed by atoms with Gasteiger partial charge in [0.15, 0.2) is 0 Å². The number of aromatic nitrogens is 1. The Bertz CT molecular complexity index is 1130. The summed E-state index contributed by atoms with van der Waals surface area (Å²) in [5, 5.41) is 12.5. The molecule has 0 fully saturated rings. The highest BCUT2D eigenvalue weighted by Crippen LogP contribution is 2.28. The molecule has 4 N–H and O–H groups in total. The quantitative estimate of drug-likeness (QED) is 0.329. The largest absolute Gasteiger partial charge is 0.392 e. The first-order chi connectivity index (χ1) is 15.7. The first-order valence-electron chi connectivity index (χ1n) is 10.5. The third-order valence-electron chi connectivity index (χ3n) is 5.52. The molecule has 0 bridgehead atoms. The number of aliphatic hydroxyl groups excluding tert-OH is 1. The Morgan fingerprint density at radius 1 is 0.853 bits per heavy atom. The van der Waals surface area contributed by atoms with Gasteiger partial charge in [0.05, 0.1) is 12.6 Å². The highest BCUT2D eigenvalue weighted by molar-refractivity contribution is 5.96. The fourth-order valence-corrected chi connectivity index (χ4v) is 3.87. The minimum Gasteiger partial charge on any atom is -0.392 e. The Labute approximate surface area is 211 Å². The number of nitrogens with one attached hydrogen (secondary N) is 1. The molecule has 0 unspecified atom stereocenters. The highest BCUT2D eigenvalue weighted by Gasteiger charge is 2.27. The Kier molecular flexibility index (Phi) is 10.2. The van der Waals surface area contributed by atoms with Gasteiger partial charge in [-0.3, -0.25) is 9.78 Å². The van der Waals surface area contributed by atoms with Crippen molar-refractivity contribution in [1.82, 2.24) is 4.98 Å². The lowest BCUT2D eigenvalue weighted by molar-refractivity contribution is -0.117. The molecular formula is C27H27Cl2N3O2. The molecule has 1 amide bonds. The standard InChI is InChI=1S/C27H25N3O2.2ClH/c28-26(25(20-7-3-1-4-8-20)21-9-5-2-6-10-21)27(32)30-23-13-11-19(12-14-23)24-15-16-29-17-22(24)18-31;;/h1-17,25-26,31H,18,28H2,(H,30,32);2*1H/t26-;;/m0../s1. The number of carbonyl (C=O) groups excluding carboxylic acids is 1. The number of aliphatic hydroxyl groups is 1. The van der Waals surface area contributed by atoms with E-state index in [4.69, 9.17) is 5.73 Å². The highest BCUT2D eigenvalue weighted by atomic mass is 35.5. The van der Waals surface area contributed by atoms with Crippen LogP contribution in [0.5, 0.6) is 0 Å². The van der Waals surface area contributed by atoms with E-state index < -0.39 is 6.04 Å². The molecule has 7 heteroatoms. The molecule has 4 aromatic rings. The summed E-state index contributed by atoms with van der Waals surface area (Å²) in [7, 11) is 0. The molecule has 1 aromatic heterocycles. The van der Waals surface area contributed by atoms with Gasteiger partial charge in [0, 0.05) is 29.6 Å². The maximum Gasteiger partial charge on any atom is 0.242 e. The second kappa shape index (κ2) is 12.9. The number of carbonyl (C=O) groups is 1. The van der Waals surface area contributed by atoms with E-state index in [2.05, 4.69) is 10.3 Å². The zero-order valence-electron chi connectivity index (χ0n) is 18.4. The van der Waals surface area contributed by atoms with Gasteiger partial charge in [0.2, 0.25) is 5.91 Å². The number of nitrogens with zero attached hydrogens (tertiary/aromatic N) is 1. The van der Waals surface area contributed by atoms with Crippen molar-refractivity contribution in [1.29, 1.82) is 0 Å². The van der Waals surface area contributed by atoms with Crippen molar-refractivity contribution in [2.45, 2.75) is 18.6 Å².